The van der Waals surface area contributed by atoms with Crippen molar-refractivity contribution in [2.45, 2.75) is 24.3 Å². The number of thioether (sulfide) groups is 1. The molecular weight excluding hydrogens is 273 g/mol. The summed E-state index contributed by atoms with van der Waals surface area (Å²) in [6.07, 6.45) is 4.82. The monoisotopic (exact) mass is 293 g/mol. The van der Waals surface area contributed by atoms with Crippen LogP contribution in [0.4, 0.5) is 4.39 Å². The molecule has 20 heavy (non-hydrogen) atoms. The summed E-state index contributed by atoms with van der Waals surface area (Å²) in [6.45, 7) is 2.99. The van der Waals surface area contributed by atoms with Crippen molar-refractivity contribution in [3.8, 4) is 0 Å². The molecule has 1 unspecified atom stereocenters. The first-order valence-corrected chi connectivity index (χ1v) is 7.76. The molecule has 0 spiro atoms. The maximum Gasteiger partial charge on any atom is 0.136 e. The number of hydrogen-bond acceptors (Lipinski definition) is 3. The first-order chi connectivity index (χ1) is 9.69. The third-order valence-electron chi connectivity index (χ3n) is 3.01. The zero-order valence-corrected chi connectivity index (χ0v) is 12.7. The quantitative estimate of drug-likeness (QED) is 0.796. The summed E-state index contributed by atoms with van der Waals surface area (Å²) < 4.78 is 15.4. The van der Waals surface area contributed by atoms with Crippen molar-refractivity contribution < 1.29 is 4.39 Å². The minimum Gasteiger partial charge on any atom is -0.313 e. The van der Waals surface area contributed by atoms with E-state index in [4.69, 9.17) is 0 Å². The van der Waals surface area contributed by atoms with Crippen LogP contribution < -0.4 is 5.32 Å². The minimum absolute atomic E-state index is 0.144. The van der Waals surface area contributed by atoms with Crippen LogP contribution in [0.15, 0.2) is 41.6 Å². The molecule has 2 aromatic rings. The van der Waals surface area contributed by atoms with Crippen LogP contribution >= 0.6 is 11.8 Å². The van der Waals surface area contributed by atoms with Crippen LogP contribution in [0.3, 0.4) is 0 Å². The van der Waals surface area contributed by atoms with Crippen LogP contribution in [0.2, 0.25) is 0 Å². The van der Waals surface area contributed by atoms with Gasteiger partial charge in [-0.15, -0.1) is 11.8 Å². The van der Waals surface area contributed by atoms with E-state index >= 15 is 0 Å². The average molecular weight is 293 g/mol. The molecule has 0 aliphatic rings. The van der Waals surface area contributed by atoms with Crippen molar-refractivity contribution in [1.29, 1.82) is 0 Å². The minimum atomic E-state index is -0.144. The molecule has 0 amide bonds. The molecule has 0 saturated carbocycles. The number of likely N-dealkylation sites (N-methyl/N-ethyl adjacent to an activating group) is 1. The van der Waals surface area contributed by atoms with Gasteiger partial charge in [0.1, 0.15) is 5.82 Å². The van der Waals surface area contributed by atoms with E-state index in [2.05, 4.69) is 17.3 Å². The molecule has 1 aromatic carbocycles. The van der Waals surface area contributed by atoms with Crippen molar-refractivity contribution in [2.75, 3.05) is 12.3 Å². The van der Waals surface area contributed by atoms with Gasteiger partial charge in [-0.2, -0.15) is 5.10 Å². The van der Waals surface area contributed by atoms with Crippen molar-refractivity contribution in [3.05, 3.63) is 48.0 Å². The van der Waals surface area contributed by atoms with Gasteiger partial charge < -0.3 is 5.32 Å². The molecule has 0 aliphatic carbocycles. The fourth-order valence-corrected chi connectivity index (χ4v) is 3.09. The lowest BCUT2D eigenvalue weighted by molar-refractivity contribution is 0.570. The number of halogens is 1. The maximum atomic E-state index is 13.6. The van der Waals surface area contributed by atoms with E-state index in [1.807, 2.05) is 36.3 Å². The van der Waals surface area contributed by atoms with Crippen LogP contribution in [0.25, 0.3) is 0 Å². The molecule has 2 rings (SSSR count). The predicted octanol–water partition coefficient (Wildman–Crippen LogP) is 2.87. The zero-order chi connectivity index (χ0) is 14.4. The Balaban J connectivity index is 1.94. The molecule has 1 atom stereocenters. The predicted molar refractivity (Wildman–Crippen MR) is 81.5 cm³/mol. The van der Waals surface area contributed by atoms with Crippen LogP contribution in [0, 0.1) is 5.82 Å². The normalized spacial score (nSPS) is 12.6. The second-order valence-electron chi connectivity index (χ2n) is 4.72. The number of benzene rings is 1. The molecule has 108 valence electrons. The molecule has 0 radical (unpaired) electrons. The van der Waals surface area contributed by atoms with Gasteiger partial charge in [0.15, 0.2) is 0 Å². The Labute approximate surface area is 123 Å². The van der Waals surface area contributed by atoms with Crippen LogP contribution in [0.5, 0.6) is 0 Å². The van der Waals surface area contributed by atoms with Crippen molar-refractivity contribution in [2.24, 2.45) is 7.05 Å². The number of aryl methyl sites for hydroxylation is 1. The lowest BCUT2D eigenvalue weighted by atomic mass is 10.1. The summed E-state index contributed by atoms with van der Waals surface area (Å²) in [5, 5.41) is 7.63. The maximum absolute atomic E-state index is 13.6. The highest BCUT2D eigenvalue weighted by atomic mass is 32.2. The lowest BCUT2D eigenvalue weighted by Crippen LogP contribution is -2.33. The van der Waals surface area contributed by atoms with Gasteiger partial charge in [-0.1, -0.05) is 19.1 Å². The van der Waals surface area contributed by atoms with Crippen molar-refractivity contribution >= 4 is 11.8 Å². The molecule has 0 bridgehead atoms. The molecule has 5 heteroatoms. The Bertz CT molecular complexity index is 541. The summed E-state index contributed by atoms with van der Waals surface area (Å²) in [6, 6.07) is 7.23. The van der Waals surface area contributed by atoms with Gasteiger partial charge in [-0.05, 0) is 30.7 Å². The van der Waals surface area contributed by atoms with E-state index in [9.17, 15) is 4.39 Å². The Kier molecular flexibility index (Phi) is 5.61. The van der Waals surface area contributed by atoms with Crippen molar-refractivity contribution in [1.82, 2.24) is 15.1 Å². The van der Waals surface area contributed by atoms with Gasteiger partial charge in [0, 0.05) is 29.9 Å². The second-order valence-corrected chi connectivity index (χ2v) is 5.78. The summed E-state index contributed by atoms with van der Waals surface area (Å²) in [4.78, 5) is 0.710. The van der Waals surface area contributed by atoms with Gasteiger partial charge in [-0.25, -0.2) is 4.39 Å². The van der Waals surface area contributed by atoms with Gasteiger partial charge in [0.2, 0.25) is 0 Å². The van der Waals surface area contributed by atoms with Crippen LogP contribution in [0.1, 0.15) is 12.5 Å². The highest BCUT2D eigenvalue weighted by Gasteiger charge is 2.11. The van der Waals surface area contributed by atoms with E-state index in [0.717, 1.165) is 18.7 Å². The Hall–Kier alpha value is -1.33. The van der Waals surface area contributed by atoms with E-state index in [1.165, 1.54) is 11.6 Å². The highest BCUT2D eigenvalue weighted by Crippen LogP contribution is 2.22. The van der Waals surface area contributed by atoms with Crippen molar-refractivity contribution in [3.63, 3.8) is 0 Å². The van der Waals surface area contributed by atoms with Crippen LogP contribution in [-0.2, 0) is 13.5 Å². The fraction of sp³-hybridized carbons (Fsp3) is 0.400. The van der Waals surface area contributed by atoms with Gasteiger partial charge in [0.25, 0.3) is 0 Å². The molecule has 1 N–H and O–H groups in total. The van der Waals surface area contributed by atoms with E-state index in [1.54, 1.807) is 17.8 Å². The average Bonchev–Trinajstić information content (AvgIpc) is 2.83. The third-order valence-corrected chi connectivity index (χ3v) is 4.22. The lowest BCUT2D eigenvalue weighted by Gasteiger charge is -2.16. The van der Waals surface area contributed by atoms with Gasteiger partial charge in [0.05, 0.1) is 6.20 Å². The Morgan fingerprint density at radius 1 is 1.40 bits per heavy atom. The first kappa shape index (κ1) is 15.1. The first-order valence-electron chi connectivity index (χ1n) is 6.77. The molecule has 1 heterocycles. The molecular formula is C15H20FN3S. The molecule has 0 fully saturated rings. The molecule has 0 aliphatic heterocycles. The number of rotatable bonds is 7. The largest absolute Gasteiger partial charge is 0.313 e. The highest BCUT2D eigenvalue weighted by molar-refractivity contribution is 7.99. The standard InChI is InChI=1S/C15H20FN3S/c1-3-17-13(8-12-9-18-19(2)10-12)11-20-15-7-5-4-6-14(15)16/h4-7,9-10,13,17H,3,8,11H2,1-2H3. The molecule has 3 nitrogen and oxygen atoms in total. The summed E-state index contributed by atoms with van der Waals surface area (Å²) in [5.74, 6) is 0.693. The van der Waals surface area contributed by atoms with E-state index < -0.39 is 0 Å². The van der Waals surface area contributed by atoms with E-state index in [0.29, 0.717) is 10.9 Å². The van der Waals surface area contributed by atoms with E-state index in [-0.39, 0.29) is 5.82 Å². The summed E-state index contributed by atoms with van der Waals surface area (Å²) in [7, 11) is 1.92. The Morgan fingerprint density at radius 3 is 2.85 bits per heavy atom. The smallest absolute Gasteiger partial charge is 0.136 e. The van der Waals surface area contributed by atoms with Gasteiger partial charge in [-0.3, -0.25) is 4.68 Å². The SMILES string of the molecule is CCNC(CSc1ccccc1F)Cc1cnn(C)c1. The number of nitrogens with one attached hydrogen (secondary N) is 1. The van der Waals surface area contributed by atoms with Crippen LogP contribution in [-0.4, -0.2) is 28.1 Å². The molecule has 1 aromatic heterocycles. The topological polar surface area (TPSA) is 29.9 Å². The van der Waals surface area contributed by atoms with Gasteiger partial charge >= 0.3 is 0 Å². The number of nitrogens with zero attached hydrogens (tertiary/aromatic N) is 2. The summed E-state index contributed by atoms with van der Waals surface area (Å²) >= 11 is 1.56. The molecule has 0 saturated heterocycles. The number of hydrogen-bond donors (Lipinski definition) is 1. The number of aromatic nitrogens is 2. The fourth-order valence-electron chi connectivity index (χ4n) is 2.09. The Morgan fingerprint density at radius 2 is 2.20 bits per heavy atom. The summed E-state index contributed by atoms with van der Waals surface area (Å²) in [5.41, 5.74) is 1.20. The second kappa shape index (κ2) is 7.45. The third kappa shape index (κ3) is 4.35. The zero-order valence-electron chi connectivity index (χ0n) is 11.8.